The summed E-state index contributed by atoms with van der Waals surface area (Å²) in [5, 5.41) is 14.1. The average Bonchev–Trinajstić information content (AvgIpc) is 3.07. The van der Waals surface area contributed by atoms with Crippen LogP contribution in [-0.4, -0.2) is 44.8 Å². The number of likely N-dealkylation sites (tertiary alicyclic amines) is 1. The van der Waals surface area contributed by atoms with Crippen molar-refractivity contribution in [3.63, 3.8) is 0 Å². The Bertz CT molecular complexity index is 659. The lowest BCUT2D eigenvalue weighted by Gasteiger charge is -2.24. The zero-order valence-corrected chi connectivity index (χ0v) is 14.3. The molecule has 126 valence electrons. The van der Waals surface area contributed by atoms with Crippen molar-refractivity contribution in [2.45, 2.75) is 45.4 Å². The third-order valence-corrected chi connectivity index (χ3v) is 5.35. The molecule has 1 amide bonds. The van der Waals surface area contributed by atoms with Gasteiger partial charge in [-0.2, -0.15) is 5.10 Å². The van der Waals surface area contributed by atoms with Crippen LogP contribution in [0, 0.1) is 11.3 Å². The van der Waals surface area contributed by atoms with E-state index < -0.39 is 11.4 Å². The van der Waals surface area contributed by atoms with Crippen LogP contribution in [0.5, 0.6) is 0 Å². The van der Waals surface area contributed by atoms with Crippen LogP contribution in [0.25, 0.3) is 0 Å². The second-order valence-corrected chi connectivity index (χ2v) is 8.05. The van der Waals surface area contributed by atoms with Crippen molar-refractivity contribution in [3.8, 4) is 0 Å². The first kappa shape index (κ1) is 16.0. The molecule has 0 bridgehead atoms. The lowest BCUT2D eigenvalue weighted by molar-refractivity contribution is -0.149. The van der Waals surface area contributed by atoms with Crippen LogP contribution in [-0.2, 0) is 17.3 Å². The molecule has 6 heteroatoms. The van der Waals surface area contributed by atoms with E-state index in [2.05, 4.69) is 5.10 Å². The maximum absolute atomic E-state index is 13.0. The molecule has 1 aromatic rings. The highest BCUT2D eigenvalue weighted by Gasteiger charge is 2.56. The molecule has 1 saturated heterocycles. The number of amides is 1. The van der Waals surface area contributed by atoms with Gasteiger partial charge >= 0.3 is 5.97 Å². The summed E-state index contributed by atoms with van der Waals surface area (Å²) in [7, 11) is 1.81. The Hall–Kier alpha value is -1.85. The monoisotopic (exact) mass is 319 g/mol. The van der Waals surface area contributed by atoms with E-state index in [1.165, 1.54) is 0 Å². The van der Waals surface area contributed by atoms with Gasteiger partial charge < -0.3 is 10.0 Å². The number of carboxylic acid groups (broad SMARTS) is 1. The van der Waals surface area contributed by atoms with Gasteiger partial charge in [0.05, 0.1) is 16.7 Å². The predicted octanol–water partition coefficient (Wildman–Crippen LogP) is 2.04. The lowest BCUT2D eigenvalue weighted by Crippen LogP contribution is -2.37. The van der Waals surface area contributed by atoms with Crippen molar-refractivity contribution < 1.29 is 14.7 Å². The van der Waals surface area contributed by atoms with Crippen LogP contribution in [0.3, 0.4) is 0 Å². The minimum absolute atomic E-state index is 0.0821. The number of aryl methyl sites for hydroxylation is 1. The summed E-state index contributed by atoms with van der Waals surface area (Å²) in [6, 6.07) is 0. The van der Waals surface area contributed by atoms with Gasteiger partial charge in [-0.25, -0.2) is 0 Å². The molecule has 23 heavy (non-hydrogen) atoms. The number of rotatable bonds is 2. The van der Waals surface area contributed by atoms with Gasteiger partial charge in [0.15, 0.2) is 0 Å². The molecular formula is C17H25N3O3. The van der Waals surface area contributed by atoms with Crippen molar-refractivity contribution in [2.75, 3.05) is 13.1 Å². The van der Waals surface area contributed by atoms with Crippen LogP contribution < -0.4 is 0 Å². The SMILES string of the molecule is Cn1cc(C(=O)N2C[C@@H]3CCC[C@@]3(C(=O)O)C2)c(C(C)(C)C)n1. The van der Waals surface area contributed by atoms with Gasteiger partial charge in [0, 0.05) is 31.7 Å². The van der Waals surface area contributed by atoms with Crippen molar-refractivity contribution in [2.24, 2.45) is 18.4 Å². The van der Waals surface area contributed by atoms with Crippen LogP contribution >= 0.6 is 0 Å². The van der Waals surface area contributed by atoms with Gasteiger partial charge in [-0.1, -0.05) is 27.2 Å². The van der Waals surface area contributed by atoms with E-state index in [1.54, 1.807) is 15.8 Å². The molecule has 1 aliphatic heterocycles. The fourth-order valence-electron chi connectivity index (χ4n) is 4.16. The molecule has 0 radical (unpaired) electrons. The molecule has 2 heterocycles. The fourth-order valence-corrected chi connectivity index (χ4v) is 4.16. The fraction of sp³-hybridized carbons (Fsp3) is 0.706. The molecule has 1 N–H and O–H groups in total. The summed E-state index contributed by atoms with van der Waals surface area (Å²) >= 11 is 0. The van der Waals surface area contributed by atoms with Gasteiger partial charge in [0.2, 0.25) is 0 Å². The second-order valence-electron chi connectivity index (χ2n) is 8.05. The van der Waals surface area contributed by atoms with E-state index in [1.807, 2.05) is 27.8 Å². The average molecular weight is 319 g/mol. The standard InChI is InChI=1S/C17H25N3O3/c1-16(2,3)13-12(9-19(4)18-13)14(21)20-8-11-6-5-7-17(11,10-20)15(22)23/h9,11H,5-8,10H2,1-4H3,(H,22,23)/t11-,17+/m0/s1. The minimum atomic E-state index is -0.752. The molecule has 0 unspecified atom stereocenters. The Morgan fingerprint density at radius 2 is 2.09 bits per heavy atom. The van der Waals surface area contributed by atoms with E-state index >= 15 is 0 Å². The number of hydrogen-bond acceptors (Lipinski definition) is 3. The van der Waals surface area contributed by atoms with Crippen molar-refractivity contribution in [1.82, 2.24) is 14.7 Å². The Morgan fingerprint density at radius 3 is 2.65 bits per heavy atom. The molecule has 0 spiro atoms. The number of aliphatic carboxylic acids is 1. The number of aromatic nitrogens is 2. The largest absolute Gasteiger partial charge is 0.481 e. The summed E-state index contributed by atoms with van der Waals surface area (Å²) in [6.45, 7) is 6.96. The van der Waals surface area contributed by atoms with E-state index in [0.717, 1.165) is 18.5 Å². The third kappa shape index (κ3) is 2.44. The van der Waals surface area contributed by atoms with Crippen molar-refractivity contribution in [3.05, 3.63) is 17.5 Å². The maximum Gasteiger partial charge on any atom is 0.311 e. The summed E-state index contributed by atoms with van der Waals surface area (Å²) in [5.74, 6) is -0.755. The van der Waals surface area contributed by atoms with E-state index in [4.69, 9.17) is 0 Å². The van der Waals surface area contributed by atoms with Gasteiger partial charge in [-0.05, 0) is 18.8 Å². The molecule has 2 atom stereocenters. The van der Waals surface area contributed by atoms with E-state index in [0.29, 0.717) is 25.1 Å². The van der Waals surface area contributed by atoms with Crippen LogP contribution in [0.2, 0.25) is 0 Å². The Kier molecular flexibility index (Phi) is 3.54. The summed E-state index contributed by atoms with van der Waals surface area (Å²) in [6.07, 6.45) is 4.27. The highest BCUT2D eigenvalue weighted by molar-refractivity contribution is 5.96. The van der Waals surface area contributed by atoms with Crippen molar-refractivity contribution in [1.29, 1.82) is 0 Å². The smallest absolute Gasteiger partial charge is 0.311 e. The maximum atomic E-state index is 13.0. The molecule has 3 rings (SSSR count). The molecule has 6 nitrogen and oxygen atoms in total. The number of fused-ring (bicyclic) bond motifs is 1. The first-order chi connectivity index (χ1) is 10.6. The van der Waals surface area contributed by atoms with Crippen LogP contribution in [0.1, 0.15) is 56.1 Å². The van der Waals surface area contributed by atoms with Gasteiger partial charge in [-0.15, -0.1) is 0 Å². The number of nitrogens with zero attached hydrogens (tertiary/aromatic N) is 3. The molecule has 2 aliphatic rings. The molecule has 1 saturated carbocycles. The normalized spacial score (nSPS) is 27.3. The molecule has 0 aromatic carbocycles. The van der Waals surface area contributed by atoms with Gasteiger partial charge in [-0.3, -0.25) is 14.3 Å². The minimum Gasteiger partial charge on any atom is -0.481 e. The van der Waals surface area contributed by atoms with Gasteiger partial charge in [0.1, 0.15) is 0 Å². The molecular weight excluding hydrogens is 294 g/mol. The Labute approximate surface area is 136 Å². The summed E-state index contributed by atoms with van der Waals surface area (Å²) in [5.41, 5.74) is 0.401. The predicted molar refractivity (Wildman–Crippen MR) is 85.2 cm³/mol. The topological polar surface area (TPSA) is 75.4 Å². The van der Waals surface area contributed by atoms with Gasteiger partial charge in [0.25, 0.3) is 5.91 Å². The first-order valence-electron chi connectivity index (χ1n) is 8.22. The van der Waals surface area contributed by atoms with Crippen LogP contribution in [0.4, 0.5) is 0 Å². The number of carbonyl (C=O) groups excluding carboxylic acids is 1. The van der Waals surface area contributed by atoms with E-state index in [-0.39, 0.29) is 17.2 Å². The summed E-state index contributed by atoms with van der Waals surface area (Å²) in [4.78, 5) is 26.5. The number of hydrogen-bond donors (Lipinski definition) is 1. The summed E-state index contributed by atoms with van der Waals surface area (Å²) < 4.78 is 1.66. The lowest BCUT2D eigenvalue weighted by atomic mass is 9.81. The molecule has 1 aromatic heterocycles. The van der Waals surface area contributed by atoms with Crippen LogP contribution in [0.15, 0.2) is 6.20 Å². The van der Waals surface area contributed by atoms with E-state index in [9.17, 15) is 14.7 Å². The zero-order chi connectivity index (χ0) is 17.0. The first-order valence-corrected chi connectivity index (χ1v) is 8.22. The molecule has 1 aliphatic carbocycles. The number of carboxylic acids is 1. The van der Waals surface area contributed by atoms with Crippen molar-refractivity contribution >= 4 is 11.9 Å². The Balaban J connectivity index is 1.90. The number of carbonyl (C=O) groups is 2. The second kappa shape index (κ2) is 5.08. The third-order valence-electron chi connectivity index (χ3n) is 5.35. The molecule has 2 fully saturated rings. The highest BCUT2D eigenvalue weighted by Crippen LogP contribution is 2.49. The Morgan fingerprint density at radius 1 is 1.39 bits per heavy atom. The quantitative estimate of drug-likeness (QED) is 0.905. The zero-order valence-electron chi connectivity index (χ0n) is 14.3. The highest BCUT2D eigenvalue weighted by atomic mass is 16.4.